The van der Waals surface area contributed by atoms with Gasteiger partial charge in [0, 0.05) is 45.5 Å². The monoisotopic (exact) mass is 319 g/mol. The molecule has 0 atom stereocenters. The summed E-state index contributed by atoms with van der Waals surface area (Å²) in [5.41, 5.74) is 7.88. The molecule has 1 aliphatic rings. The molecule has 0 amide bonds. The van der Waals surface area contributed by atoms with Gasteiger partial charge in [0.1, 0.15) is 0 Å². The van der Waals surface area contributed by atoms with Crippen LogP contribution in [0, 0.1) is 0 Å². The van der Waals surface area contributed by atoms with Crippen LogP contribution in [0.1, 0.15) is 5.56 Å². The summed E-state index contributed by atoms with van der Waals surface area (Å²) in [4.78, 5) is 2.41. The molecule has 1 saturated heterocycles. The maximum atomic E-state index is 7.00. The van der Waals surface area contributed by atoms with Gasteiger partial charge in [0.25, 0.3) is 0 Å². The van der Waals surface area contributed by atoms with Crippen molar-refractivity contribution in [2.75, 3.05) is 38.2 Å². The Kier molecular flexibility index (Phi) is 12.6. The van der Waals surface area contributed by atoms with Crippen LogP contribution in [0.5, 0.6) is 0 Å². The first kappa shape index (κ1) is 21.1. The van der Waals surface area contributed by atoms with Crippen LogP contribution >= 0.6 is 0 Å². The van der Waals surface area contributed by atoms with E-state index in [1.54, 1.807) is 0 Å². The van der Waals surface area contributed by atoms with E-state index in [2.05, 4.69) is 40.5 Å². The average Bonchev–Trinajstić information content (AvgIpc) is 2.66. The van der Waals surface area contributed by atoms with E-state index in [9.17, 15) is 0 Å². The Morgan fingerprint density at radius 1 is 0.913 bits per heavy atom. The molecular weight excluding hydrogens is 290 g/mol. The van der Waals surface area contributed by atoms with Crippen LogP contribution in [0.2, 0.25) is 0 Å². The summed E-state index contributed by atoms with van der Waals surface area (Å²) in [5, 5.41) is 10.3. The highest BCUT2D eigenvalue weighted by molar-refractivity contribution is 5.46. The highest BCUT2D eigenvalue weighted by Gasteiger charge is 2.08. The molecule has 1 fully saturated rings. The zero-order valence-corrected chi connectivity index (χ0v) is 13.8. The largest absolute Gasteiger partial charge is 0.412 e. The number of rotatable bonds is 2. The Balaban J connectivity index is 0.000000388. The van der Waals surface area contributed by atoms with Crippen molar-refractivity contribution in [2.45, 2.75) is 6.54 Å². The Labute approximate surface area is 139 Å². The van der Waals surface area contributed by atoms with Crippen LogP contribution in [0.15, 0.2) is 60.7 Å². The second kappa shape index (κ2) is 13.7. The summed E-state index contributed by atoms with van der Waals surface area (Å²) < 4.78 is 0. The zero-order chi connectivity index (χ0) is 16.0. The smallest absolute Gasteiger partial charge is 0.0367 e. The van der Waals surface area contributed by atoms with E-state index in [4.69, 9.17) is 10.8 Å². The maximum absolute atomic E-state index is 7.00. The van der Waals surface area contributed by atoms with Gasteiger partial charge < -0.3 is 26.5 Å². The van der Waals surface area contributed by atoms with Gasteiger partial charge in [-0.15, -0.1) is 0 Å². The second-order valence-corrected chi connectivity index (χ2v) is 4.76. The number of aliphatic hydroxyl groups is 1. The van der Waals surface area contributed by atoms with Gasteiger partial charge in [-0.1, -0.05) is 48.5 Å². The summed E-state index contributed by atoms with van der Waals surface area (Å²) in [6.45, 7) is 5.11. The molecule has 0 spiro atoms. The molecule has 0 radical (unpaired) electrons. The zero-order valence-electron chi connectivity index (χ0n) is 13.8. The van der Waals surface area contributed by atoms with Crippen LogP contribution in [-0.2, 0) is 6.54 Å². The van der Waals surface area contributed by atoms with Crippen molar-refractivity contribution in [3.05, 3.63) is 66.2 Å². The third-order valence-electron chi connectivity index (χ3n) is 3.32. The standard InChI is InChI=1S/C10H14N2.C7H9N.CH4O.H2O/c1-2-4-10(5-3-1)12-8-6-11-7-9-12;8-6-7-4-2-1-3-5-7;1-2;/h1-5,11H,6-9H2;1-5H,6,8H2;2H,1H3;1H2. The molecule has 0 unspecified atom stereocenters. The highest BCUT2D eigenvalue weighted by Crippen LogP contribution is 2.12. The molecule has 0 bridgehead atoms. The van der Waals surface area contributed by atoms with Crippen molar-refractivity contribution in [1.82, 2.24) is 5.32 Å². The third kappa shape index (κ3) is 8.32. The summed E-state index contributed by atoms with van der Waals surface area (Å²) in [6.07, 6.45) is 0. The minimum Gasteiger partial charge on any atom is -0.412 e. The number of aliphatic hydroxyl groups excluding tert-OH is 1. The fraction of sp³-hybridized carbons (Fsp3) is 0.333. The lowest BCUT2D eigenvalue weighted by Gasteiger charge is -2.29. The van der Waals surface area contributed by atoms with Crippen molar-refractivity contribution in [3.63, 3.8) is 0 Å². The predicted molar refractivity (Wildman–Crippen MR) is 97.6 cm³/mol. The van der Waals surface area contributed by atoms with Crippen LogP contribution < -0.4 is 16.0 Å². The Morgan fingerprint density at radius 3 is 1.83 bits per heavy atom. The number of benzene rings is 2. The van der Waals surface area contributed by atoms with Gasteiger partial charge in [0.15, 0.2) is 0 Å². The lowest BCUT2D eigenvalue weighted by Crippen LogP contribution is -2.43. The lowest BCUT2D eigenvalue weighted by molar-refractivity contribution is 0.399. The molecule has 3 rings (SSSR count). The third-order valence-corrected chi connectivity index (χ3v) is 3.32. The first-order valence-corrected chi connectivity index (χ1v) is 7.59. The summed E-state index contributed by atoms with van der Waals surface area (Å²) in [5.74, 6) is 0. The van der Waals surface area contributed by atoms with Gasteiger partial charge in [-0.25, -0.2) is 0 Å². The molecule has 2 aromatic rings. The Morgan fingerprint density at radius 2 is 1.39 bits per heavy atom. The van der Waals surface area contributed by atoms with Crippen LogP contribution in [0.4, 0.5) is 5.69 Å². The van der Waals surface area contributed by atoms with E-state index in [0.717, 1.165) is 33.3 Å². The van der Waals surface area contributed by atoms with Crippen LogP contribution in [-0.4, -0.2) is 43.9 Å². The first-order chi connectivity index (χ1) is 10.9. The molecule has 1 heterocycles. The fourth-order valence-electron chi connectivity index (χ4n) is 2.18. The van der Waals surface area contributed by atoms with Gasteiger partial charge in [0.2, 0.25) is 0 Å². The van der Waals surface area contributed by atoms with Crippen molar-refractivity contribution in [2.24, 2.45) is 5.73 Å². The van der Waals surface area contributed by atoms with Crippen LogP contribution in [0.25, 0.3) is 0 Å². The quantitative estimate of drug-likeness (QED) is 0.770. The van der Waals surface area contributed by atoms with Gasteiger partial charge in [-0.05, 0) is 17.7 Å². The normalized spacial score (nSPS) is 12.7. The van der Waals surface area contributed by atoms with E-state index >= 15 is 0 Å². The molecule has 5 nitrogen and oxygen atoms in total. The van der Waals surface area contributed by atoms with E-state index < -0.39 is 0 Å². The first-order valence-electron chi connectivity index (χ1n) is 7.59. The van der Waals surface area contributed by atoms with Crippen molar-refractivity contribution in [3.8, 4) is 0 Å². The van der Waals surface area contributed by atoms with Gasteiger partial charge >= 0.3 is 0 Å². The number of nitrogens with one attached hydrogen (secondary N) is 1. The number of hydrogen-bond donors (Lipinski definition) is 3. The number of nitrogens with two attached hydrogens (primary N) is 1. The molecular formula is C18H29N3O2. The van der Waals surface area contributed by atoms with E-state index in [1.807, 2.05) is 30.3 Å². The number of anilines is 1. The Hall–Kier alpha value is -1.92. The van der Waals surface area contributed by atoms with E-state index in [1.165, 1.54) is 11.3 Å². The van der Waals surface area contributed by atoms with E-state index in [0.29, 0.717) is 6.54 Å². The fourth-order valence-corrected chi connectivity index (χ4v) is 2.18. The molecule has 2 aromatic carbocycles. The number of nitrogens with zero attached hydrogens (tertiary/aromatic N) is 1. The van der Waals surface area contributed by atoms with Gasteiger partial charge in [-0.3, -0.25) is 0 Å². The molecule has 5 heteroatoms. The number of hydrogen-bond acceptors (Lipinski definition) is 4. The molecule has 0 aromatic heterocycles. The minimum atomic E-state index is 0. The predicted octanol–water partition coefficient (Wildman–Crippen LogP) is 1.03. The highest BCUT2D eigenvalue weighted by atomic mass is 16.2. The summed E-state index contributed by atoms with van der Waals surface area (Å²) >= 11 is 0. The second-order valence-electron chi connectivity index (χ2n) is 4.76. The van der Waals surface area contributed by atoms with Gasteiger partial charge in [0.05, 0.1) is 0 Å². The molecule has 128 valence electrons. The summed E-state index contributed by atoms with van der Waals surface area (Å²) in [7, 11) is 1.00. The number of para-hydroxylation sites is 1. The topological polar surface area (TPSA) is 93.0 Å². The van der Waals surface area contributed by atoms with Crippen molar-refractivity contribution in [1.29, 1.82) is 0 Å². The SMILES string of the molecule is CO.NCc1ccccc1.O.c1ccc(N2CCNCC2)cc1. The average molecular weight is 319 g/mol. The van der Waals surface area contributed by atoms with Gasteiger partial charge in [-0.2, -0.15) is 0 Å². The molecule has 23 heavy (non-hydrogen) atoms. The lowest BCUT2D eigenvalue weighted by atomic mass is 10.2. The van der Waals surface area contributed by atoms with Crippen molar-refractivity contribution >= 4 is 5.69 Å². The number of piperazine rings is 1. The summed E-state index contributed by atoms with van der Waals surface area (Å²) in [6, 6.07) is 20.6. The van der Waals surface area contributed by atoms with Crippen LogP contribution in [0.3, 0.4) is 0 Å². The Bertz CT molecular complexity index is 474. The molecule has 6 N–H and O–H groups in total. The minimum absolute atomic E-state index is 0. The maximum Gasteiger partial charge on any atom is 0.0367 e. The van der Waals surface area contributed by atoms with E-state index in [-0.39, 0.29) is 5.48 Å². The molecule has 0 aliphatic carbocycles. The molecule has 0 saturated carbocycles. The van der Waals surface area contributed by atoms with Crippen molar-refractivity contribution < 1.29 is 10.6 Å². The molecule has 1 aliphatic heterocycles.